The summed E-state index contributed by atoms with van der Waals surface area (Å²) in [7, 11) is 0. The number of hydrogen-bond donors (Lipinski definition) is 1. The first-order valence-corrected chi connectivity index (χ1v) is 5.10. The molecule has 0 fully saturated rings. The summed E-state index contributed by atoms with van der Waals surface area (Å²) >= 11 is 4.91. The van der Waals surface area contributed by atoms with E-state index in [0.29, 0.717) is 0 Å². The fraction of sp³-hybridized carbons (Fsp3) is 0.111. The van der Waals surface area contributed by atoms with E-state index in [1.54, 1.807) is 0 Å². The molecule has 0 nitrogen and oxygen atoms in total. The molecule has 14 heavy (non-hydrogen) atoms. The van der Waals surface area contributed by atoms with E-state index in [9.17, 15) is 13.2 Å². The Bertz CT molecular complexity index is 476. The summed E-state index contributed by atoms with van der Waals surface area (Å²) in [5.41, 5.74) is -0.181. The fourth-order valence-electron chi connectivity index (χ4n) is 1.29. The minimum atomic E-state index is -2.62. The van der Waals surface area contributed by atoms with Gasteiger partial charge in [0.05, 0.1) is 0 Å². The molecule has 2 rings (SSSR count). The topological polar surface area (TPSA) is 0 Å². The van der Waals surface area contributed by atoms with Crippen molar-refractivity contribution in [2.45, 2.75) is 11.3 Å². The number of fused-ring (bicyclic) bond motifs is 1. The third kappa shape index (κ3) is 1.40. The third-order valence-electron chi connectivity index (χ3n) is 1.93. The lowest BCUT2D eigenvalue weighted by molar-refractivity contribution is 0.150. The molecule has 0 unspecified atom stereocenters. The smallest absolute Gasteiger partial charge is 0.205 e. The molecule has 1 aromatic carbocycles. The first kappa shape index (κ1) is 9.86. The summed E-state index contributed by atoms with van der Waals surface area (Å²) in [6.07, 6.45) is -2.62. The highest BCUT2D eigenvalue weighted by molar-refractivity contribution is 7.80. The maximum atomic E-state index is 13.1. The molecular formula is C9H5F3S2. The molecule has 0 aliphatic heterocycles. The molecule has 1 heterocycles. The summed E-state index contributed by atoms with van der Waals surface area (Å²) in [5, 5.41) is 1.46. The quantitative estimate of drug-likeness (QED) is 0.700. The first-order chi connectivity index (χ1) is 6.61. The second-order valence-corrected chi connectivity index (χ2v) is 4.12. The third-order valence-corrected chi connectivity index (χ3v) is 3.32. The van der Waals surface area contributed by atoms with Crippen LogP contribution in [0.5, 0.6) is 0 Å². The van der Waals surface area contributed by atoms with Crippen LogP contribution in [0.1, 0.15) is 12.0 Å². The van der Waals surface area contributed by atoms with Crippen LogP contribution in [-0.2, 0) is 0 Å². The minimum Gasteiger partial charge on any atom is -0.205 e. The van der Waals surface area contributed by atoms with Gasteiger partial charge >= 0.3 is 0 Å². The van der Waals surface area contributed by atoms with Gasteiger partial charge < -0.3 is 0 Å². The highest BCUT2D eigenvalue weighted by atomic mass is 32.1. The molecule has 5 heteroatoms. The predicted molar refractivity (Wildman–Crippen MR) is 54.0 cm³/mol. The second-order valence-electron chi connectivity index (χ2n) is 2.76. The predicted octanol–water partition coefficient (Wildman–Crippen LogP) is 4.27. The van der Waals surface area contributed by atoms with Crippen LogP contribution < -0.4 is 0 Å². The zero-order valence-electron chi connectivity index (χ0n) is 6.80. The van der Waals surface area contributed by atoms with E-state index in [-0.39, 0.29) is 20.5 Å². The standard InChI is InChI=1S/C9H5F3S2/c10-5-3-14-8-4(5)1-2-6(13)7(8)9(11)12/h1-3,9,13H. The lowest BCUT2D eigenvalue weighted by Crippen LogP contribution is -1.87. The number of thiol groups is 1. The van der Waals surface area contributed by atoms with Crippen LogP contribution in [-0.4, -0.2) is 0 Å². The number of benzene rings is 1. The highest BCUT2D eigenvalue weighted by Crippen LogP contribution is 2.37. The summed E-state index contributed by atoms with van der Waals surface area (Å²) < 4.78 is 38.5. The van der Waals surface area contributed by atoms with Crippen LogP contribution in [0.2, 0.25) is 0 Å². The molecule has 0 aliphatic carbocycles. The Morgan fingerprint density at radius 3 is 2.64 bits per heavy atom. The Labute approximate surface area is 87.8 Å². The monoisotopic (exact) mass is 234 g/mol. The van der Waals surface area contributed by atoms with Gasteiger partial charge in [-0.1, -0.05) is 0 Å². The summed E-state index contributed by atoms with van der Waals surface area (Å²) in [5.74, 6) is -0.458. The van der Waals surface area contributed by atoms with E-state index < -0.39 is 12.2 Å². The van der Waals surface area contributed by atoms with Crippen LogP contribution in [0, 0.1) is 5.82 Å². The van der Waals surface area contributed by atoms with Crippen molar-refractivity contribution < 1.29 is 13.2 Å². The van der Waals surface area contributed by atoms with Gasteiger partial charge in [-0.05, 0) is 12.1 Å². The van der Waals surface area contributed by atoms with E-state index in [4.69, 9.17) is 0 Å². The summed E-state index contributed by atoms with van der Waals surface area (Å²) in [6.45, 7) is 0. The second kappa shape index (κ2) is 3.47. The highest BCUT2D eigenvalue weighted by Gasteiger charge is 2.17. The summed E-state index contributed by atoms with van der Waals surface area (Å²) in [6, 6.07) is 2.86. The number of halogens is 3. The molecule has 1 aromatic heterocycles. The van der Waals surface area contributed by atoms with Gasteiger partial charge in [0.2, 0.25) is 0 Å². The maximum absolute atomic E-state index is 13.1. The fourth-order valence-corrected chi connectivity index (χ4v) is 2.62. The van der Waals surface area contributed by atoms with E-state index >= 15 is 0 Å². The zero-order chi connectivity index (χ0) is 10.3. The van der Waals surface area contributed by atoms with Crippen LogP contribution in [0.25, 0.3) is 10.1 Å². The van der Waals surface area contributed by atoms with Crippen molar-refractivity contribution in [3.05, 3.63) is 28.9 Å². The largest absolute Gasteiger partial charge is 0.266 e. The van der Waals surface area contributed by atoms with Gasteiger partial charge in [0.1, 0.15) is 5.82 Å². The average molecular weight is 234 g/mol. The Morgan fingerprint density at radius 1 is 1.29 bits per heavy atom. The van der Waals surface area contributed by atoms with Crippen LogP contribution in [0.4, 0.5) is 13.2 Å². The van der Waals surface area contributed by atoms with Crippen molar-refractivity contribution in [3.8, 4) is 0 Å². The van der Waals surface area contributed by atoms with Gasteiger partial charge in [-0.2, -0.15) is 0 Å². The lowest BCUT2D eigenvalue weighted by Gasteiger charge is -2.04. The zero-order valence-corrected chi connectivity index (χ0v) is 8.51. The Balaban J connectivity index is 2.83. The van der Waals surface area contributed by atoms with Gasteiger partial charge in [-0.25, -0.2) is 13.2 Å². The van der Waals surface area contributed by atoms with Crippen LogP contribution >= 0.6 is 24.0 Å². The molecule has 0 spiro atoms. The van der Waals surface area contributed by atoms with E-state index in [2.05, 4.69) is 12.6 Å². The number of rotatable bonds is 1. The SMILES string of the molecule is Fc1csc2c(C(F)F)c(S)ccc12. The molecule has 0 bridgehead atoms. The van der Waals surface area contributed by atoms with Gasteiger partial charge in [0.15, 0.2) is 0 Å². The minimum absolute atomic E-state index is 0.181. The van der Waals surface area contributed by atoms with Crippen LogP contribution in [0.3, 0.4) is 0 Å². The van der Waals surface area contributed by atoms with Gasteiger partial charge in [0.25, 0.3) is 6.43 Å². The summed E-state index contributed by atoms with van der Waals surface area (Å²) in [4.78, 5) is 0.203. The van der Waals surface area contributed by atoms with Crippen molar-refractivity contribution in [3.63, 3.8) is 0 Å². The Kier molecular flexibility index (Phi) is 2.45. The molecule has 0 aliphatic rings. The van der Waals surface area contributed by atoms with Crippen molar-refractivity contribution >= 4 is 34.1 Å². The molecule has 0 N–H and O–H groups in total. The van der Waals surface area contributed by atoms with Gasteiger partial charge in [0, 0.05) is 25.9 Å². The maximum Gasteiger partial charge on any atom is 0.266 e. The number of alkyl halides is 2. The molecule has 74 valence electrons. The number of thiophene rings is 1. The van der Waals surface area contributed by atoms with Gasteiger partial charge in [-0.3, -0.25) is 0 Å². The van der Waals surface area contributed by atoms with Crippen molar-refractivity contribution in [1.29, 1.82) is 0 Å². The first-order valence-electron chi connectivity index (χ1n) is 3.78. The van der Waals surface area contributed by atoms with E-state index in [0.717, 1.165) is 11.3 Å². The van der Waals surface area contributed by atoms with Crippen molar-refractivity contribution in [2.24, 2.45) is 0 Å². The lowest BCUT2D eigenvalue weighted by atomic mass is 10.1. The Morgan fingerprint density at radius 2 is 2.00 bits per heavy atom. The van der Waals surface area contributed by atoms with Crippen molar-refractivity contribution in [1.82, 2.24) is 0 Å². The Hall–Kier alpha value is -0.680. The molecule has 0 radical (unpaired) electrons. The number of hydrogen-bond acceptors (Lipinski definition) is 2. The molecule has 2 aromatic rings. The van der Waals surface area contributed by atoms with Crippen LogP contribution in [0.15, 0.2) is 22.4 Å². The van der Waals surface area contributed by atoms with Gasteiger partial charge in [-0.15, -0.1) is 24.0 Å². The molecule has 0 saturated heterocycles. The van der Waals surface area contributed by atoms with E-state index in [1.165, 1.54) is 17.5 Å². The molecule has 0 amide bonds. The molecule has 0 saturated carbocycles. The normalized spacial score (nSPS) is 11.5. The molecular weight excluding hydrogens is 229 g/mol. The molecule has 0 atom stereocenters. The van der Waals surface area contributed by atoms with E-state index in [1.807, 2.05) is 0 Å². The average Bonchev–Trinajstić information content (AvgIpc) is 2.47. The van der Waals surface area contributed by atoms with Crippen molar-refractivity contribution in [2.75, 3.05) is 0 Å².